The van der Waals surface area contributed by atoms with Crippen molar-refractivity contribution in [3.8, 4) is 0 Å². The number of benzene rings is 1. The SMILES string of the molecule is CC1C(N)CCC1c1c(F)cccc1F. The molecule has 0 heterocycles. The van der Waals surface area contributed by atoms with E-state index in [1.54, 1.807) is 0 Å². The lowest BCUT2D eigenvalue weighted by molar-refractivity contribution is 0.442. The second-order valence-corrected chi connectivity index (χ2v) is 4.34. The maximum atomic E-state index is 13.5. The van der Waals surface area contributed by atoms with Gasteiger partial charge >= 0.3 is 0 Å². The molecule has 0 radical (unpaired) electrons. The Hall–Kier alpha value is -0.960. The van der Waals surface area contributed by atoms with Crippen LogP contribution in [-0.2, 0) is 0 Å². The van der Waals surface area contributed by atoms with Crippen molar-refractivity contribution in [2.75, 3.05) is 0 Å². The van der Waals surface area contributed by atoms with Crippen molar-refractivity contribution in [2.24, 2.45) is 11.7 Å². The summed E-state index contributed by atoms with van der Waals surface area (Å²) in [5.41, 5.74) is 6.08. The van der Waals surface area contributed by atoms with Crippen LogP contribution in [0.25, 0.3) is 0 Å². The van der Waals surface area contributed by atoms with Crippen LogP contribution in [0.2, 0.25) is 0 Å². The standard InChI is InChI=1S/C12H15F2N/c1-7-8(5-6-11(7)15)12-9(13)3-2-4-10(12)14/h2-4,7-8,11H,5-6,15H2,1H3. The average molecular weight is 211 g/mol. The molecule has 1 aromatic rings. The van der Waals surface area contributed by atoms with Gasteiger partial charge in [0.05, 0.1) is 0 Å². The number of hydrogen-bond acceptors (Lipinski definition) is 1. The van der Waals surface area contributed by atoms with Gasteiger partial charge in [0.25, 0.3) is 0 Å². The maximum Gasteiger partial charge on any atom is 0.129 e. The summed E-state index contributed by atoms with van der Waals surface area (Å²) in [6.07, 6.45) is 1.62. The quantitative estimate of drug-likeness (QED) is 0.759. The summed E-state index contributed by atoms with van der Waals surface area (Å²) >= 11 is 0. The molecule has 2 N–H and O–H groups in total. The Morgan fingerprint density at radius 2 is 1.80 bits per heavy atom. The lowest BCUT2D eigenvalue weighted by atomic mass is 9.88. The molecule has 1 aliphatic rings. The van der Waals surface area contributed by atoms with Gasteiger partial charge < -0.3 is 5.73 Å². The van der Waals surface area contributed by atoms with Crippen molar-refractivity contribution in [3.63, 3.8) is 0 Å². The van der Waals surface area contributed by atoms with Crippen LogP contribution in [0.1, 0.15) is 31.2 Å². The van der Waals surface area contributed by atoms with Gasteiger partial charge in [0.1, 0.15) is 11.6 Å². The van der Waals surface area contributed by atoms with Gasteiger partial charge in [0.2, 0.25) is 0 Å². The highest BCUT2D eigenvalue weighted by Crippen LogP contribution is 2.40. The van der Waals surface area contributed by atoms with E-state index in [0.717, 1.165) is 12.8 Å². The molecule has 0 aliphatic heterocycles. The minimum Gasteiger partial charge on any atom is -0.327 e. The largest absolute Gasteiger partial charge is 0.327 e. The maximum absolute atomic E-state index is 13.5. The van der Waals surface area contributed by atoms with Crippen LogP contribution in [-0.4, -0.2) is 6.04 Å². The molecule has 3 heteroatoms. The molecular formula is C12H15F2N. The Labute approximate surface area is 88.3 Å². The second-order valence-electron chi connectivity index (χ2n) is 4.34. The van der Waals surface area contributed by atoms with Gasteiger partial charge in [-0.15, -0.1) is 0 Å². The highest BCUT2D eigenvalue weighted by Gasteiger charge is 2.34. The first-order valence-corrected chi connectivity index (χ1v) is 5.30. The molecule has 1 fully saturated rings. The van der Waals surface area contributed by atoms with Crippen LogP contribution in [0.15, 0.2) is 18.2 Å². The first kappa shape index (κ1) is 10.6. The molecule has 1 aromatic carbocycles. The molecule has 0 saturated heterocycles. The average Bonchev–Trinajstić information content (AvgIpc) is 2.49. The van der Waals surface area contributed by atoms with Crippen molar-refractivity contribution in [2.45, 2.75) is 31.7 Å². The summed E-state index contributed by atoms with van der Waals surface area (Å²) in [4.78, 5) is 0. The third kappa shape index (κ3) is 1.76. The molecule has 15 heavy (non-hydrogen) atoms. The molecule has 2 rings (SSSR count). The molecule has 0 amide bonds. The molecule has 1 nitrogen and oxygen atoms in total. The van der Waals surface area contributed by atoms with Crippen LogP contribution in [0, 0.1) is 17.6 Å². The van der Waals surface area contributed by atoms with Gasteiger partial charge in [-0.3, -0.25) is 0 Å². The van der Waals surface area contributed by atoms with Crippen molar-refractivity contribution < 1.29 is 8.78 Å². The predicted molar refractivity (Wildman–Crippen MR) is 55.5 cm³/mol. The molecule has 0 spiro atoms. The predicted octanol–water partition coefficient (Wildman–Crippen LogP) is 2.81. The zero-order valence-corrected chi connectivity index (χ0v) is 8.71. The number of nitrogens with two attached hydrogens (primary N) is 1. The van der Waals surface area contributed by atoms with Crippen LogP contribution in [0.3, 0.4) is 0 Å². The molecule has 82 valence electrons. The number of hydrogen-bond donors (Lipinski definition) is 1. The van der Waals surface area contributed by atoms with Gasteiger partial charge in [-0.25, -0.2) is 8.78 Å². The molecule has 1 saturated carbocycles. The highest BCUT2D eigenvalue weighted by molar-refractivity contribution is 5.26. The molecule has 1 aliphatic carbocycles. The van der Waals surface area contributed by atoms with E-state index < -0.39 is 11.6 Å². The summed E-state index contributed by atoms with van der Waals surface area (Å²) in [5, 5.41) is 0. The number of halogens is 2. The van der Waals surface area contributed by atoms with E-state index in [4.69, 9.17) is 5.73 Å². The molecule has 0 bridgehead atoms. The summed E-state index contributed by atoms with van der Waals surface area (Å²) < 4.78 is 27.0. The fourth-order valence-corrected chi connectivity index (χ4v) is 2.47. The van der Waals surface area contributed by atoms with Crippen molar-refractivity contribution in [1.82, 2.24) is 0 Å². The van der Waals surface area contributed by atoms with Crippen LogP contribution in [0.5, 0.6) is 0 Å². The van der Waals surface area contributed by atoms with E-state index in [1.165, 1.54) is 18.2 Å². The Bertz CT molecular complexity index is 344. The van der Waals surface area contributed by atoms with Crippen molar-refractivity contribution >= 4 is 0 Å². The first-order valence-electron chi connectivity index (χ1n) is 5.30. The minimum absolute atomic E-state index is 0.0639. The zero-order chi connectivity index (χ0) is 11.0. The molecule has 0 aromatic heterocycles. The highest BCUT2D eigenvalue weighted by atomic mass is 19.1. The van der Waals surface area contributed by atoms with Crippen LogP contribution >= 0.6 is 0 Å². The Kier molecular flexibility index (Phi) is 2.74. The fraction of sp³-hybridized carbons (Fsp3) is 0.500. The third-order valence-corrected chi connectivity index (χ3v) is 3.49. The van der Waals surface area contributed by atoms with Crippen molar-refractivity contribution in [1.29, 1.82) is 0 Å². The zero-order valence-electron chi connectivity index (χ0n) is 8.71. The Balaban J connectivity index is 2.38. The summed E-state index contributed by atoms with van der Waals surface area (Å²) in [7, 11) is 0. The van der Waals surface area contributed by atoms with Gasteiger partial charge in [0, 0.05) is 11.6 Å². The van der Waals surface area contributed by atoms with Gasteiger partial charge in [0.15, 0.2) is 0 Å². The van der Waals surface area contributed by atoms with E-state index in [2.05, 4.69) is 0 Å². The first-order chi connectivity index (χ1) is 7.11. The van der Waals surface area contributed by atoms with Gasteiger partial charge in [-0.1, -0.05) is 13.0 Å². The fourth-order valence-electron chi connectivity index (χ4n) is 2.47. The Morgan fingerprint density at radius 1 is 1.20 bits per heavy atom. The van der Waals surface area contributed by atoms with E-state index in [0.29, 0.717) is 0 Å². The Morgan fingerprint density at radius 3 is 2.27 bits per heavy atom. The van der Waals surface area contributed by atoms with Crippen LogP contribution < -0.4 is 5.73 Å². The topological polar surface area (TPSA) is 26.0 Å². The van der Waals surface area contributed by atoms with E-state index >= 15 is 0 Å². The van der Waals surface area contributed by atoms with E-state index in [-0.39, 0.29) is 23.4 Å². The summed E-state index contributed by atoms with van der Waals surface area (Å²) in [6.45, 7) is 1.97. The second kappa shape index (κ2) is 3.89. The number of rotatable bonds is 1. The lowest BCUT2D eigenvalue weighted by Gasteiger charge is -2.19. The lowest BCUT2D eigenvalue weighted by Crippen LogP contribution is -2.25. The van der Waals surface area contributed by atoms with Crippen molar-refractivity contribution in [3.05, 3.63) is 35.4 Å². The van der Waals surface area contributed by atoms with Crippen LogP contribution in [0.4, 0.5) is 8.78 Å². The van der Waals surface area contributed by atoms with Gasteiger partial charge in [-0.2, -0.15) is 0 Å². The van der Waals surface area contributed by atoms with E-state index in [1.807, 2.05) is 6.92 Å². The normalized spacial score (nSPS) is 30.8. The molecule has 3 unspecified atom stereocenters. The smallest absolute Gasteiger partial charge is 0.129 e. The molecular weight excluding hydrogens is 196 g/mol. The monoisotopic (exact) mass is 211 g/mol. The summed E-state index contributed by atoms with van der Waals surface area (Å²) in [5.74, 6) is -0.806. The van der Waals surface area contributed by atoms with Gasteiger partial charge in [-0.05, 0) is 36.8 Å². The minimum atomic E-state index is -0.444. The third-order valence-electron chi connectivity index (χ3n) is 3.49. The summed E-state index contributed by atoms with van der Waals surface area (Å²) in [6, 6.07) is 4.09. The molecule has 3 atom stereocenters. The van der Waals surface area contributed by atoms with E-state index in [9.17, 15) is 8.78 Å².